The molecular weight excluding hydrogens is 174 g/mol. The molecular formula is C12H23NO. The van der Waals surface area contributed by atoms with E-state index in [9.17, 15) is 0 Å². The maximum Gasteiger partial charge on any atom is 0.184 e. The Bertz CT molecular complexity index is 244. The van der Waals surface area contributed by atoms with Crippen molar-refractivity contribution >= 4 is 5.90 Å². The Morgan fingerprint density at radius 2 is 1.71 bits per heavy atom. The van der Waals surface area contributed by atoms with Gasteiger partial charge in [0.2, 0.25) is 0 Å². The molecule has 0 aliphatic carbocycles. The lowest BCUT2D eigenvalue weighted by Gasteiger charge is -2.23. The van der Waals surface area contributed by atoms with Gasteiger partial charge in [-0.05, 0) is 24.3 Å². The number of nitrogens with zero attached hydrogens (tertiary/aromatic N) is 1. The molecule has 0 spiro atoms. The zero-order valence-corrected chi connectivity index (χ0v) is 10.6. The van der Waals surface area contributed by atoms with Crippen molar-refractivity contribution in [2.45, 2.75) is 48.0 Å². The fraction of sp³-hybridized carbons (Fsp3) is 0.750. The van der Waals surface area contributed by atoms with Gasteiger partial charge >= 0.3 is 0 Å². The first kappa shape index (κ1) is 13.2. The van der Waals surface area contributed by atoms with Gasteiger partial charge in [-0.2, -0.15) is 0 Å². The largest absolute Gasteiger partial charge is 0.484 e. The van der Waals surface area contributed by atoms with Gasteiger partial charge < -0.3 is 4.74 Å². The molecule has 0 aromatic carbocycles. The summed E-state index contributed by atoms with van der Waals surface area (Å²) in [7, 11) is 1.65. The number of allylic oxidation sites excluding steroid dienone is 2. The molecule has 0 saturated heterocycles. The van der Waals surface area contributed by atoms with Crippen molar-refractivity contribution in [1.82, 2.24) is 0 Å². The highest BCUT2D eigenvalue weighted by atomic mass is 16.5. The Hall–Kier alpha value is -0.790. The molecule has 0 aliphatic rings. The van der Waals surface area contributed by atoms with E-state index in [0.29, 0.717) is 0 Å². The SMILES string of the molecule is CC/C(=C(/C)N=C(C)OC)C(C)(C)C. The van der Waals surface area contributed by atoms with Crippen molar-refractivity contribution in [3.63, 3.8) is 0 Å². The molecule has 0 saturated carbocycles. The van der Waals surface area contributed by atoms with Gasteiger partial charge in [0.05, 0.1) is 7.11 Å². The number of methoxy groups -OCH3 is 1. The van der Waals surface area contributed by atoms with Crippen LogP contribution in [-0.4, -0.2) is 13.0 Å². The Labute approximate surface area is 88.1 Å². The molecule has 0 bridgehead atoms. The maximum absolute atomic E-state index is 5.04. The maximum atomic E-state index is 5.04. The molecule has 0 unspecified atom stereocenters. The first-order valence-corrected chi connectivity index (χ1v) is 5.12. The van der Waals surface area contributed by atoms with Gasteiger partial charge in [-0.1, -0.05) is 27.7 Å². The molecule has 0 fully saturated rings. The van der Waals surface area contributed by atoms with E-state index in [1.807, 2.05) is 13.8 Å². The highest BCUT2D eigenvalue weighted by Crippen LogP contribution is 2.30. The zero-order chi connectivity index (χ0) is 11.4. The van der Waals surface area contributed by atoms with Gasteiger partial charge in [0.25, 0.3) is 0 Å². The minimum absolute atomic E-state index is 0.191. The lowest BCUT2D eigenvalue weighted by atomic mass is 9.84. The number of aliphatic imine (C=N–C) groups is 1. The van der Waals surface area contributed by atoms with Crippen molar-refractivity contribution in [2.75, 3.05) is 7.11 Å². The predicted molar refractivity (Wildman–Crippen MR) is 62.6 cm³/mol. The second-order valence-corrected chi connectivity index (χ2v) is 4.50. The molecule has 0 atom stereocenters. The van der Waals surface area contributed by atoms with E-state index in [2.05, 4.69) is 32.7 Å². The first-order valence-electron chi connectivity index (χ1n) is 5.12. The van der Waals surface area contributed by atoms with Crippen molar-refractivity contribution in [2.24, 2.45) is 10.4 Å². The molecule has 14 heavy (non-hydrogen) atoms. The minimum Gasteiger partial charge on any atom is -0.484 e. The highest BCUT2D eigenvalue weighted by Gasteiger charge is 2.17. The summed E-state index contributed by atoms with van der Waals surface area (Å²) in [5.74, 6) is 0.720. The van der Waals surface area contributed by atoms with Crippen LogP contribution in [0.1, 0.15) is 48.0 Å². The normalized spacial score (nSPS) is 15.2. The van der Waals surface area contributed by atoms with Crippen molar-refractivity contribution in [3.8, 4) is 0 Å². The average Bonchev–Trinajstić information content (AvgIpc) is 2.02. The lowest BCUT2D eigenvalue weighted by Crippen LogP contribution is -2.11. The molecule has 0 aliphatic heterocycles. The van der Waals surface area contributed by atoms with E-state index in [4.69, 9.17) is 4.74 Å². The second-order valence-electron chi connectivity index (χ2n) is 4.50. The minimum atomic E-state index is 0.191. The second kappa shape index (κ2) is 5.18. The van der Waals surface area contributed by atoms with Crippen LogP contribution < -0.4 is 0 Å². The summed E-state index contributed by atoms with van der Waals surface area (Å²) in [5.41, 5.74) is 2.66. The fourth-order valence-electron chi connectivity index (χ4n) is 1.68. The van der Waals surface area contributed by atoms with Crippen LogP contribution in [0.15, 0.2) is 16.3 Å². The van der Waals surface area contributed by atoms with Crippen LogP contribution in [0.25, 0.3) is 0 Å². The Morgan fingerprint density at radius 3 is 2.00 bits per heavy atom. The van der Waals surface area contributed by atoms with E-state index < -0.39 is 0 Å². The summed E-state index contributed by atoms with van der Waals surface area (Å²) >= 11 is 0. The van der Waals surface area contributed by atoms with Gasteiger partial charge in [0.15, 0.2) is 5.90 Å². The number of hydrogen-bond donors (Lipinski definition) is 0. The van der Waals surface area contributed by atoms with Gasteiger partial charge in [-0.3, -0.25) is 0 Å². The van der Waals surface area contributed by atoms with Crippen LogP contribution in [0.3, 0.4) is 0 Å². The van der Waals surface area contributed by atoms with Crippen LogP contribution in [0, 0.1) is 5.41 Å². The molecule has 0 aromatic heterocycles. The predicted octanol–water partition coefficient (Wildman–Crippen LogP) is 3.78. The van der Waals surface area contributed by atoms with Gasteiger partial charge in [-0.25, -0.2) is 4.99 Å². The standard InChI is InChI=1S/C12H23NO/c1-8-11(12(4,5)6)9(2)13-10(3)14-7/h8H2,1-7H3/b11-9+,13-10?. The Morgan fingerprint density at radius 1 is 1.21 bits per heavy atom. The van der Waals surface area contributed by atoms with Gasteiger partial charge in [0.1, 0.15) is 0 Å². The van der Waals surface area contributed by atoms with Gasteiger partial charge in [0, 0.05) is 12.6 Å². The monoisotopic (exact) mass is 197 g/mol. The summed E-state index contributed by atoms with van der Waals surface area (Å²) in [6, 6.07) is 0. The highest BCUT2D eigenvalue weighted by molar-refractivity contribution is 5.74. The molecule has 2 nitrogen and oxygen atoms in total. The lowest BCUT2D eigenvalue weighted by molar-refractivity contribution is 0.398. The van der Waals surface area contributed by atoms with Crippen LogP contribution in [0.2, 0.25) is 0 Å². The van der Waals surface area contributed by atoms with E-state index in [0.717, 1.165) is 18.0 Å². The van der Waals surface area contributed by atoms with E-state index in [1.165, 1.54) is 5.57 Å². The van der Waals surface area contributed by atoms with E-state index >= 15 is 0 Å². The first-order chi connectivity index (χ1) is 6.32. The third-order valence-corrected chi connectivity index (χ3v) is 2.32. The summed E-state index contributed by atoms with van der Waals surface area (Å²) in [6.07, 6.45) is 1.04. The Balaban J connectivity index is 5.05. The third-order valence-electron chi connectivity index (χ3n) is 2.32. The van der Waals surface area contributed by atoms with Crippen LogP contribution in [0.5, 0.6) is 0 Å². The van der Waals surface area contributed by atoms with Crippen LogP contribution in [-0.2, 0) is 4.74 Å². The third kappa shape index (κ3) is 3.95. The van der Waals surface area contributed by atoms with E-state index in [1.54, 1.807) is 7.11 Å². The van der Waals surface area contributed by atoms with E-state index in [-0.39, 0.29) is 5.41 Å². The summed E-state index contributed by atoms with van der Waals surface area (Å²) < 4.78 is 5.04. The van der Waals surface area contributed by atoms with Crippen LogP contribution in [0.4, 0.5) is 0 Å². The molecule has 0 rings (SSSR count). The molecule has 0 heterocycles. The van der Waals surface area contributed by atoms with Crippen molar-refractivity contribution in [1.29, 1.82) is 0 Å². The molecule has 82 valence electrons. The number of rotatable bonds is 2. The molecule has 0 aromatic rings. The average molecular weight is 197 g/mol. The Kier molecular flexibility index (Phi) is 4.89. The molecule has 0 radical (unpaired) electrons. The number of hydrogen-bond acceptors (Lipinski definition) is 2. The molecule has 0 amide bonds. The van der Waals surface area contributed by atoms with Gasteiger partial charge in [-0.15, -0.1) is 0 Å². The summed E-state index contributed by atoms with van der Waals surface area (Å²) in [5, 5.41) is 0. The molecule has 0 N–H and O–H groups in total. The fourth-order valence-corrected chi connectivity index (χ4v) is 1.68. The van der Waals surface area contributed by atoms with Crippen LogP contribution >= 0.6 is 0 Å². The smallest absolute Gasteiger partial charge is 0.184 e. The summed E-state index contributed by atoms with van der Waals surface area (Å²) in [4.78, 5) is 4.41. The summed E-state index contributed by atoms with van der Waals surface area (Å²) in [6.45, 7) is 12.7. The number of ether oxygens (including phenoxy) is 1. The topological polar surface area (TPSA) is 21.6 Å². The zero-order valence-electron chi connectivity index (χ0n) is 10.6. The van der Waals surface area contributed by atoms with Crippen molar-refractivity contribution < 1.29 is 4.74 Å². The quantitative estimate of drug-likeness (QED) is 0.487. The van der Waals surface area contributed by atoms with Crippen molar-refractivity contribution in [3.05, 3.63) is 11.3 Å². The molecule has 2 heteroatoms.